The van der Waals surface area contributed by atoms with E-state index in [0.717, 1.165) is 11.1 Å². The first kappa shape index (κ1) is 13.4. The maximum atomic E-state index is 10.2. The molecule has 0 spiro atoms. The monoisotopic (exact) mass is 279 g/mol. The first-order valence-electron chi connectivity index (χ1n) is 7.04. The van der Waals surface area contributed by atoms with Crippen molar-refractivity contribution in [3.8, 4) is 28.8 Å². The third-order valence-electron chi connectivity index (χ3n) is 3.49. The molecule has 1 fully saturated rings. The van der Waals surface area contributed by atoms with E-state index in [9.17, 15) is 5.11 Å². The van der Waals surface area contributed by atoms with Crippen molar-refractivity contribution in [1.29, 1.82) is 0 Å². The maximum Gasteiger partial charge on any atom is 0.148 e. The van der Waals surface area contributed by atoms with Crippen molar-refractivity contribution in [2.24, 2.45) is 5.92 Å². The van der Waals surface area contributed by atoms with E-state index in [1.54, 1.807) is 13.1 Å². The number of aromatic hydroxyl groups is 1. The quantitative estimate of drug-likeness (QED) is 0.830. The summed E-state index contributed by atoms with van der Waals surface area (Å²) in [4.78, 5) is 0. The summed E-state index contributed by atoms with van der Waals surface area (Å²) in [6.45, 7) is 1.95. The number of benzene rings is 1. The van der Waals surface area contributed by atoms with Gasteiger partial charge in [-0.05, 0) is 49.6 Å². The Hall–Kier alpha value is -2.54. The molecule has 0 radical (unpaired) electrons. The second kappa shape index (κ2) is 5.45. The number of nitrogens with zero attached hydrogens (tertiary/aromatic N) is 2. The standard InChI is InChI=1S/C17H17N3O/c1-11-9-16(18-2)19-20-17(11)14-8-7-13(10-15(14)21)6-5-12-3-4-12/h7-10,12,21H,3-4H2,1-2H3,(H,18,19). The van der Waals surface area contributed by atoms with Gasteiger partial charge in [0.25, 0.3) is 0 Å². The molecule has 4 heteroatoms. The summed E-state index contributed by atoms with van der Waals surface area (Å²) in [6, 6.07) is 7.36. The molecule has 21 heavy (non-hydrogen) atoms. The van der Waals surface area contributed by atoms with Gasteiger partial charge in [-0.2, -0.15) is 0 Å². The SMILES string of the molecule is CNc1cc(C)c(-c2ccc(C#CC3CC3)cc2O)nn1. The summed E-state index contributed by atoms with van der Waals surface area (Å²) in [6.07, 6.45) is 2.40. The summed E-state index contributed by atoms with van der Waals surface area (Å²) in [5, 5.41) is 21.4. The van der Waals surface area contributed by atoms with Crippen LogP contribution in [-0.2, 0) is 0 Å². The van der Waals surface area contributed by atoms with Crippen LogP contribution in [0.4, 0.5) is 5.82 Å². The lowest BCUT2D eigenvalue weighted by Gasteiger charge is -2.08. The number of phenolic OH excluding ortho intramolecular Hbond substituents is 1. The number of anilines is 1. The van der Waals surface area contributed by atoms with E-state index in [1.807, 2.05) is 25.1 Å². The highest BCUT2D eigenvalue weighted by Crippen LogP contribution is 2.31. The molecule has 0 atom stereocenters. The largest absolute Gasteiger partial charge is 0.507 e. The number of aryl methyl sites for hydroxylation is 1. The number of phenols is 1. The van der Waals surface area contributed by atoms with Gasteiger partial charge in [-0.25, -0.2) is 0 Å². The van der Waals surface area contributed by atoms with E-state index in [2.05, 4.69) is 27.4 Å². The molecule has 1 aliphatic carbocycles. The highest BCUT2D eigenvalue weighted by Gasteiger charge is 2.17. The molecule has 4 nitrogen and oxygen atoms in total. The molecule has 0 aliphatic heterocycles. The summed E-state index contributed by atoms with van der Waals surface area (Å²) >= 11 is 0. The molecule has 1 aliphatic rings. The lowest BCUT2D eigenvalue weighted by atomic mass is 10.0. The first-order valence-corrected chi connectivity index (χ1v) is 7.04. The molecule has 1 aromatic heterocycles. The summed E-state index contributed by atoms with van der Waals surface area (Å²) in [5.41, 5.74) is 3.16. The maximum absolute atomic E-state index is 10.2. The van der Waals surface area contributed by atoms with Gasteiger partial charge in [-0.15, -0.1) is 10.2 Å². The normalized spacial score (nSPS) is 13.4. The van der Waals surface area contributed by atoms with Crippen molar-refractivity contribution in [2.45, 2.75) is 19.8 Å². The minimum atomic E-state index is 0.187. The van der Waals surface area contributed by atoms with E-state index >= 15 is 0 Å². The zero-order valence-corrected chi connectivity index (χ0v) is 12.1. The Morgan fingerprint density at radius 3 is 2.67 bits per heavy atom. The Kier molecular flexibility index (Phi) is 3.49. The lowest BCUT2D eigenvalue weighted by molar-refractivity contribution is 0.477. The molecule has 2 N–H and O–H groups in total. The minimum Gasteiger partial charge on any atom is -0.507 e. The Bertz CT molecular complexity index is 739. The molecule has 0 bridgehead atoms. The molecule has 0 saturated heterocycles. The van der Waals surface area contributed by atoms with Crippen molar-refractivity contribution >= 4 is 5.82 Å². The number of rotatable bonds is 2. The minimum absolute atomic E-state index is 0.187. The van der Waals surface area contributed by atoms with Crippen LogP contribution in [0.25, 0.3) is 11.3 Å². The van der Waals surface area contributed by atoms with E-state index in [0.29, 0.717) is 23.0 Å². The third kappa shape index (κ3) is 2.97. The van der Waals surface area contributed by atoms with Gasteiger partial charge in [0.1, 0.15) is 11.6 Å². The Balaban J connectivity index is 1.94. The van der Waals surface area contributed by atoms with E-state index in [4.69, 9.17) is 0 Å². The van der Waals surface area contributed by atoms with Gasteiger partial charge in [0.2, 0.25) is 0 Å². The smallest absolute Gasteiger partial charge is 0.148 e. The fraction of sp³-hybridized carbons (Fsp3) is 0.294. The Labute approximate surface area is 124 Å². The zero-order valence-electron chi connectivity index (χ0n) is 12.1. The first-order chi connectivity index (χ1) is 10.2. The van der Waals surface area contributed by atoms with Crippen LogP contribution in [0.5, 0.6) is 5.75 Å². The summed E-state index contributed by atoms with van der Waals surface area (Å²) < 4.78 is 0. The topological polar surface area (TPSA) is 58.0 Å². The summed E-state index contributed by atoms with van der Waals surface area (Å²) in [5.74, 6) is 7.74. The van der Waals surface area contributed by atoms with E-state index in [-0.39, 0.29) is 5.75 Å². The fourth-order valence-corrected chi connectivity index (χ4v) is 2.10. The van der Waals surface area contributed by atoms with Gasteiger partial charge in [0, 0.05) is 24.1 Å². The molecule has 3 rings (SSSR count). The van der Waals surface area contributed by atoms with Crippen molar-refractivity contribution in [2.75, 3.05) is 12.4 Å². The molecule has 1 saturated carbocycles. The van der Waals surface area contributed by atoms with Gasteiger partial charge in [-0.3, -0.25) is 0 Å². The average Bonchev–Trinajstić information content (AvgIpc) is 3.30. The molecule has 0 amide bonds. The molecule has 106 valence electrons. The predicted octanol–water partition coefficient (Wildman–Crippen LogP) is 2.96. The number of hydrogen-bond donors (Lipinski definition) is 2. The van der Waals surface area contributed by atoms with Crippen LogP contribution in [0.15, 0.2) is 24.3 Å². The van der Waals surface area contributed by atoms with E-state index < -0.39 is 0 Å². The molecule has 1 aromatic carbocycles. The third-order valence-corrected chi connectivity index (χ3v) is 3.49. The average molecular weight is 279 g/mol. The molecular formula is C17H17N3O. The van der Waals surface area contributed by atoms with Crippen molar-refractivity contribution < 1.29 is 5.11 Å². The van der Waals surface area contributed by atoms with Crippen molar-refractivity contribution in [1.82, 2.24) is 10.2 Å². The Morgan fingerprint density at radius 2 is 2.05 bits per heavy atom. The van der Waals surface area contributed by atoms with Gasteiger partial charge in [0.05, 0.1) is 5.69 Å². The van der Waals surface area contributed by atoms with Crippen LogP contribution >= 0.6 is 0 Å². The van der Waals surface area contributed by atoms with Crippen molar-refractivity contribution in [3.05, 3.63) is 35.4 Å². The fourth-order valence-electron chi connectivity index (χ4n) is 2.10. The number of aromatic nitrogens is 2. The summed E-state index contributed by atoms with van der Waals surface area (Å²) in [7, 11) is 1.80. The van der Waals surface area contributed by atoms with E-state index in [1.165, 1.54) is 12.8 Å². The van der Waals surface area contributed by atoms with Gasteiger partial charge in [-0.1, -0.05) is 11.8 Å². The van der Waals surface area contributed by atoms with Gasteiger partial charge in [0.15, 0.2) is 0 Å². The number of nitrogens with one attached hydrogen (secondary N) is 1. The second-order valence-electron chi connectivity index (χ2n) is 5.29. The van der Waals surface area contributed by atoms with Crippen molar-refractivity contribution in [3.63, 3.8) is 0 Å². The van der Waals surface area contributed by atoms with Gasteiger partial charge < -0.3 is 10.4 Å². The van der Waals surface area contributed by atoms with Crippen LogP contribution in [0, 0.1) is 24.7 Å². The van der Waals surface area contributed by atoms with Crippen LogP contribution in [0.1, 0.15) is 24.0 Å². The molecule has 1 heterocycles. The Morgan fingerprint density at radius 1 is 1.24 bits per heavy atom. The lowest BCUT2D eigenvalue weighted by Crippen LogP contribution is -1.98. The second-order valence-corrected chi connectivity index (χ2v) is 5.29. The zero-order chi connectivity index (χ0) is 14.8. The number of hydrogen-bond acceptors (Lipinski definition) is 4. The molecule has 0 unspecified atom stereocenters. The van der Waals surface area contributed by atoms with Gasteiger partial charge >= 0.3 is 0 Å². The highest BCUT2D eigenvalue weighted by atomic mass is 16.3. The predicted molar refractivity (Wildman–Crippen MR) is 83.0 cm³/mol. The van der Waals surface area contributed by atoms with Crippen LogP contribution in [-0.4, -0.2) is 22.4 Å². The molecular weight excluding hydrogens is 262 g/mol. The van der Waals surface area contributed by atoms with Crippen LogP contribution < -0.4 is 5.32 Å². The molecule has 2 aromatic rings. The van der Waals surface area contributed by atoms with Crippen LogP contribution in [0.3, 0.4) is 0 Å². The highest BCUT2D eigenvalue weighted by molar-refractivity contribution is 5.71. The van der Waals surface area contributed by atoms with Crippen LogP contribution in [0.2, 0.25) is 0 Å².